The lowest BCUT2D eigenvalue weighted by Gasteiger charge is -2.25. The van der Waals surface area contributed by atoms with Gasteiger partial charge in [0.2, 0.25) is 0 Å². The van der Waals surface area contributed by atoms with Crippen LogP contribution >= 0.6 is 0 Å². The van der Waals surface area contributed by atoms with Crippen LogP contribution in [0.25, 0.3) is 0 Å². The molecule has 1 aromatic rings. The van der Waals surface area contributed by atoms with Gasteiger partial charge in [-0.2, -0.15) is 0 Å². The van der Waals surface area contributed by atoms with Gasteiger partial charge in [-0.1, -0.05) is 32.4 Å². The summed E-state index contributed by atoms with van der Waals surface area (Å²) >= 11 is 0. The van der Waals surface area contributed by atoms with Crippen molar-refractivity contribution in [3.63, 3.8) is 0 Å². The summed E-state index contributed by atoms with van der Waals surface area (Å²) in [6.07, 6.45) is 1.64. The molecule has 112 valence electrons. The molecule has 4 heteroatoms. The molecule has 0 saturated heterocycles. The Morgan fingerprint density at radius 3 is 2.40 bits per heavy atom. The van der Waals surface area contributed by atoms with E-state index in [-0.39, 0.29) is 29.8 Å². The van der Waals surface area contributed by atoms with E-state index in [1.807, 2.05) is 20.8 Å². The molecule has 0 fully saturated rings. The summed E-state index contributed by atoms with van der Waals surface area (Å²) in [5.41, 5.74) is 1.04. The van der Waals surface area contributed by atoms with Gasteiger partial charge in [0.25, 0.3) is 0 Å². The van der Waals surface area contributed by atoms with E-state index in [1.54, 1.807) is 12.1 Å². The predicted molar refractivity (Wildman–Crippen MR) is 78.0 cm³/mol. The summed E-state index contributed by atoms with van der Waals surface area (Å²) in [5, 5.41) is 3.31. The summed E-state index contributed by atoms with van der Waals surface area (Å²) in [6.45, 7) is 6.09. The Balaban J connectivity index is 2.63. The van der Waals surface area contributed by atoms with E-state index in [0.717, 1.165) is 18.4 Å². The highest BCUT2D eigenvalue weighted by Crippen LogP contribution is 2.12. The monoisotopic (exact) mass is 281 g/mol. The van der Waals surface area contributed by atoms with Gasteiger partial charge in [-0.05, 0) is 37.0 Å². The van der Waals surface area contributed by atoms with Gasteiger partial charge in [-0.25, -0.2) is 4.39 Å². The third kappa shape index (κ3) is 4.93. The third-order valence-electron chi connectivity index (χ3n) is 3.59. The summed E-state index contributed by atoms with van der Waals surface area (Å²) in [5.74, 6) is -0.259. The van der Waals surface area contributed by atoms with Gasteiger partial charge in [0.1, 0.15) is 11.9 Å². The van der Waals surface area contributed by atoms with E-state index in [4.69, 9.17) is 4.74 Å². The van der Waals surface area contributed by atoms with Crippen molar-refractivity contribution in [3.05, 3.63) is 35.6 Å². The number of hydrogen-bond donors (Lipinski definition) is 1. The van der Waals surface area contributed by atoms with E-state index >= 15 is 0 Å². The fraction of sp³-hybridized carbons (Fsp3) is 0.562. The number of carbonyl (C=O) groups excluding carboxylic acids is 1. The molecule has 1 N–H and O–H groups in total. The van der Waals surface area contributed by atoms with Gasteiger partial charge < -0.3 is 10.1 Å². The van der Waals surface area contributed by atoms with Crippen LogP contribution in [-0.2, 0) is 16.0 Å². The van der Waals surface area contributed by atoms with Crippen molar-refractivity contribution in [1.82, 2.24) is 5.32 Å². The molecule has 0 heterocycles. The molecule has 0 amide bonds. The quantitative estimate of drug-likeness (QED) is 0.781. The predicted octanol–water partition coefficient (Wildman–Crippen LogP) is 2.93. The second kappa shape index (κ2) is 8.00. The molecule has 3 nitrogen and oxygen atoms in total. The van der Waals surface area contributed by atoms with E-state index in [2.05, 4.69) is 5.32 Å². The molecule has 1 aromatic carbocycles. The van der Waals surface area contributed by atoms with Gasteiger partial charge in [0.15, 0.2) is 0 Å². The highest BCUT2D eigenvalue weighted by Gasteiger charge is 2.26. The van der Waals surface area contributed by atoms with Crippen molar-refractivity contribution in [2.75, 3.05) is 7.11 Å². The molecule has 0 radical (unpaired) electrons. The van der Waals surface area contributed by atoms with Crippen LogP contribution in [0.2, 0.25) is 0 Å². The highest BCUT2D eigenvalue weighted by molar-refractivity contribution is 5.76. The topological polar surface area (TPSA) is 38.3 Å². The van der Waals surface area contributed by atoms with E-state index in [1.165, 1.54) is 19.2 Å². The number of ether oxygens (including phenoxy) is 1. The second-order valence-electron chi connectivity index (χ2n) is 5.28. The first-order valence-electron chi connectivity index (χ1n) is 7.06. The normalized spacial score (nSPS) is 15.4. The fourth-order valence-corrected chi connectivity index (χ4v) is 2.17. The Morgan fingerprint density at radius 1 is 1.30 bits per heavy atom. The lowest BCUT2D eigenvalue weighted by Crippen LogP contribution is -2.47. The molecule has 1 rings (SSSR count). The van der Waals surface area contributed by atoms with Crippen LogP contribution in [0.3, 0.4) is 0 Å². The zero-order valence-corrected chi connectivity index (χ0v) is 12.7. The zero-order valence-electron chi connectivity index (χ0n) is 12.7. The first-order valence-corrected chi connectivity index (χ1v) is 7.06. The van der Waals surface area contributed by atoms with Crippen molar-refractivity contribution < 1.29 is 13.9 Å². The van der Waals surface area contributed by atoms with Crippen molar-refractivity contribution in [3.8, 4) is 0 Å². The minimum Gasteiger partial charge on any atom is -0.468 e. The average molecular weight is 281 g/mol. The smallest absolute Gasteiger partial charge is 0.323 e. The van der Waals surface area contributed by atoms with Crippen LogP contribution in [0, 0.1) is 11.7 Å². The Bertz CT molecular complexity index is 419. The minimum atomic E-state index is -0.305. The summed E-state index contributed by atoms with van der Waals surface area (Å²) in [4.78, 5) is 11.8. The first-order chi connectivity index (χ1) is 9.47. The highest BCUT2D eigenvalue weighted by atomic mass is 19.1. The maximum atomic E-state index is 12.9. The third-order valence-corrected chi connectivity index (χ3v) is 3.59. The van der Waals surface area contributed by atoms with Crippen LogP contribution in [-0.4, -0.2) is 25.2 Å². The van der Waals surface area contributed by atoms with Crippen molar-refractivity contribution in [1.29, 1.82) is 0 Å². The van der Waals surface area contributed by atoms with E-state index in [0.29, 0.717) is 0 Å². The number of halogens is 1. The van der Waals surface area contributed by atoms with Gasteiger partial charge in [-0.15, -0.1) is 0 Å². The number of rotatable bonds is 7. The molecular formula is C16H24FNO2. The number of carbonyl (C=O) groups is 1. The van der Waals surface area contributed by atoms with Crippen molar-refractivity contribution >= 4 is 5.97 Å². The van der Waals surface area contributed by atoms with Crippen LogP contribution in [0.5, 0.6) is 0 Å². The van der Waals surface area contributed by atoms with E-state index in [9.17, 15) is 9.18 Å². The lowest BCUT2D eigenvalue weighted by atomic mass is 9.97. The molecule has 0 aromatic heterocycles. The summed E-state index contributed by atoms with van der Waals surface area (Å²) < 4.78 is 17.7. The Hall–Kier alpha value is -1.42. The number of hydrogen-bond acceptors (Lipinski definition) is 3. The Kier molecular flexibility index (Phi) is 6.65. The Morgan fingerprint density at radius 2 is 1.90 bits per heavy atom. The van der Waals surface area contributed by atoms with Crippen LogP contribution in [0.1, 0.15) is 32.8 Å². The second-order valence-corrected chi connectivity index (χ2v) is 5.28. The molecule has 0 aliphatic rings. The first kappa shape index (κ1) is 16.6. The number of methoxy groups -OCH3 is 1. The molecule has 0 saturated carbocycles. The van der Waals surface area contributed by atoms with Crippen molar-refractivity contribution in [2.45, 2.75) is 45.7 Å². The van der Waals surface area contributed by atoms with Crippen LogP contribution in [0.15, 0.2) is 24.3 Å². The lowest BCUT2D eigenvalue weighted by molar-refractivity contribution is -0.144. The SMILES string of the molecule is CCC(C)C(NC(C)Cc1ccc(F)cc1)C(=O)OC. The standard InChI is InChI=1S/C16H24FNO2/c1-5-11(2)15(16(19)20-4)18-12(3)10-13-6-8-14(17)9-7-13/h6-9,11-12,15,18H,5,10H2,1-4H3. The molecule has 0 aliphatic heterocycles. The molecule has 20 heavy (non-hydrogen) atoms. The molecule has 0 spiro atoms. The Labute approximate surface area is 120 Å². The maximum Gasteiger partial charge on any atom is 0.323 e. The summed E-state index contributed by atoms with van der Waals surface area (Å²) in [7, 11) is 1.41. The van der Waals surface area contributed by atoms with Gasteiger partial charge in [0.05, 0.1) is 7.11 Å². The van der Waals surface area contributed by atoms with E-state index < -0.39 is 0 Å². The van der Waals surface area contributed by atoms with Gasteiger partial charge >= 0.3 is 5.97 Å². The maximum absolute atomic E-state index is 12.9. The molecule has 3 atom stereocenters. The summed E-state index contributed by atoms with van der Waals surface area (Å²) in [6, 6.07) is 6.25. The molecule has 0 bridgehead atoms. The number of nitrogens with one attached hydrogen (secondary N) is 1. The fourth-order valence-electron chi connectivity index (χ4n) is 2.17. The molecular weight excluding hydrogens is 257 g/mol. The molecule has 3 unspecified atom stereocenters. The van der Waals surface area contributed by atoms with Gasteiger partial charge in [0, 0.05) is 6.04 Å². The number of esters is 1. The largest absolute Gasteiger partial charge is 0.468 e. The van der Waals surface area contributed by atoms with Gasteiger partial charge in [-0.3, -0.25) is 4.79 Å². The minimum absolute atomic E-state index is 0.110. The zero-order chi connectivity index (χ0) is 15.1. The van der Waals surface area contributed by atoms with Crippen LogP contribution in [0.4, 0.5) is 4.39 Å². The number of benzene rings is 1. The molecule has 0 aliphatic carbocycles. The van der Waals surface area contributed by atoms with Crippen molar-refractivity contribution in [2.24, 2.45) is 5.92 Å². The average Bonchev–Trinajstić information content (AvgIpc) is 2.45. The van der Waals surface area contributed by atoms with Crippen LogP contribution < -0.4 is 5.32 Å².